The third-order valence-electron chi connectivity index (χ3n) is 3.70. The fraction of sp³-hybridized carbons (Fsp3) is 0.312. The molecule has 0 atom stereocenters. The van der Waals surface area contributed by atoms with Gasteiger partial charge in [0.05, 0.1) is 0 Å². The molecule has 1 saturated carbocycles. The maximum atomic E-state index is 4.15. The lowest BCUT2D eigenvalue weighted by molar-refractivity contribution is 0.333. The van der Waals surface area contributed by atoms with Crippen LogP contribution in [0, 0.1) is 5.92 Å². The van der Waals surface area contributed by atoms with Crippen molar-refractivity contribution in [2.75, 3.05) is 11.9 Å². The summed E-state index contributed by atoms with van der Waals surface area (Å²) in [7, 11) is 0. The second-order valence-electron chi connectivity index (χ2n) is 5.00. The summed E-state index contributed by atoms with van der Waals surface area (Å²) in [4.78, 5) is 4.15. The minimum absolute atomic E-state index is 0.892. The fourth-order valence-corrected chi connectivity index (χ4v) is 2.27. The molecule has 0 unspecified atom stereocenters. The predicted octanol–water partition coefficient (Wildman–Crippen LogP) is 3.96. The Bertz CT molecular complexity index is 486. The zero-order valence-electron chi connectivity index (χ0n) is 10.5. The first-order chi connectivity index (χ1) is 8.92. The van der Waals surface area contributed by atoms with Crippen LogP contribution in [-0.2, 0) is 0 Å². The van der Waals surface area contributed by atoms with Crippen molar-refractivity contribution in [1.82, 2.24) is 4.98 Å². The summed E-state index contributed by atoms with van der Waals surface area (Å²) >= 11 is 0. The van der Waals surface area contributed by atoms with E-state index in [-0.39, 0.29) is 0 Å². The van der Waals surface area contributed by atoms with E-state index in [0.717, 1.165) is 12.5 Å². The van der Waals surface area contributed by atoms with Crippen molar-refractivity contribution in [2.24, 2.45) is 5.92 Å². The Balaban J connectivity index is 1.65. The highest BCUT2D eigenvalue weighted by molar-refractivity contribution is 5.65. The van der Waals surface area contributed by atoms with Crippen LogP contribution in [0.2, 0.25) is 0 Å². The topological polar surface area (TPSA) is 24.9 Å². The maximum Gasteiger partial charge on any atom is 0.0346 e. The molecule has 1 aliphatic rings. The Labute approximate surface area is 108 Å². The number of pyridine rings is 1. The Hall–Kier alpha value is -1.83. The van der Waals surface area contributed by atoms with Crippen LogP contribution < -0.4 is 5.32 Å². The average Bonchev–Trinajstić information content (AvgIpc) is 2.39. The van der Waals surface area contributed by atoms with E-state index in [1.807, 2.05) is 12.3 Å². The van der Waals surface area contributed by atoms with E-state index in [4.69, 9.17) is 0 Å². The van der Waals surface area contributed by atoms with E-state index in [0.29, 0.717) is 0 Å². The summed E-state index contributed by atoms with van der Waals surface area (Å²) in [6.45, 7) is 1.12. The van der Waals surface area contributed by atoms with Crippen molar-refractivity contribution < 1.29 is 0 Å². The van der Waals surface area contributed by atoms with Crippen molar-refractivity contribution in [3.8, 4) is 11.1 Å². The second-order valence-corrected chi connectivity index (χ2v) is 5.00. The number of rotatable bonds is 4. The van der Waals surface area contributed by atoms with Gasteiger partial charge in [-0.1, -0.05) is 24.6 Å². The number of hydrogen-bond acceptors (Lipinski definition) is 2. The number of benzene rings is 1. The third-order valence-corrected chi connectivity index (χ3v) is 3.70. The van der Waals surface area contributed by atoms with Crippen LogP contribution in [0.3, 0.4) is 0 Å². The van der Waals surface area contributed by atoms with Gasteiger partial charge >= 0.3 is 0 Å². The Morgan fingerprint density at radius 3 is 2.50 bits per heavy atom. The van der Waals surface area contributed by atoms with Crippen LogP contribution in [0.4, 0.5) is 5.69 Å². The van der Waals surface area contributed by atoms with Crippen LogP contribution in [-0.4, -0.2) is 11.5 Å². The molecular weight excluding hydrogens is 220 g/mol. The van der Waals surface area contributed by atoms with Crippen LogP contribution in [0.1, 0.15) is 19.3 Å². The van der Waals surface area contributed by atoms with Gasteiger partial charge in [0.1, 0.15) is 0 Å². The molecule has 1 aromatic carbocycles. The lowest BCUT2D eigenvalue weighted by Crippen LogP contribution is -2.20. The van der Waals surface area contributed by atoms with E-state index in [9.17, 15) is 0 Å². The molecule has 0 radical (unpaired) electrons. The number of aromatic nitrogens is 1. The predicted molar refractivity (Wildman–Crippen MR) is 75.5 cm³/mol. The van der Waals surface area contributed by atoms with Gasteiger partial charge in [0, 0.05) is 24.6 Å². The highest BCUT2D eigenvalue weighted by Crippen LogP contribution is 2.27. The van der Waals surface area contributed by atoms with Crippen LogP contribution in [0.15, 0.2) is 48.8 Å². The molecule has 1 aromatic heterocycles. The Morgan fingerprint density at radius 1 is 1.06 bits per heavy atom. The summed E-state index contributed by atoms with van der Waals surface area (Å²) < 4.78 is 0. The molecule has 2 aromatic rings. The molecule has 3 rings (SSSR count). The Kier molecular flexibility index (Phi) is 3.26. The van der Waals surface area contributed by atoms with Crippen molar-refractivity contribution in [1.29, 1.82) is 0 Å². The highest BCUT2D eigenvalue weighted by Gasteiger charge is 2.16. The van der Waals surface area contributed by atoms with Gasteiger partial charge in [-0.05, 0) is 48.1 Å². The SMILES string of the molecule is c1cncc(-c2ccc(NCC3CCC3)cc2)c1. The van der Waals surface area contributed by atoms with Crippen molar-refractivity contribution >= 4 is 5.69 Å². The molecule has 18 heavy (non-hydrogen) atoms. The van der Waals surface area contributed by atoms with Crippen LogP contribution in [0.5, 0.6) is 0 Å². The van der Waals surface area contributed by atoms with E-state index in [1.54, 1.807) is 6.20 Å². The Morgan fingerprint density at radius 2 is 1.89 bits per heavy atom. The average molecular weight is 238 g/mol. The molecule has 92 valence electrons. The van der Waals surface area contributed by atoms with E-state index in [1.165, 1.54) is 36.1 Å². The van der Waals surface area contributed by atoms with Gasteiger partial charge in [-0.15, -0.1) is 0 Å². The monoisotopic (exact) mass is 238 g/mol. The van der Waals surface area contributed by atoms with E-state index in [2.05, 4.69) is 40.6 Å². The van der Waals surface area contributed by atoms with Gasteiger partial charge < -0.3 is 5.32 Å². The molecule has 0 saturated heterocycles. The van der Waals surface area contributed by atoms with E-state index < -0.39 is 0 Å². The smallest absolute Gasteiger partial charge is 0.0346 e. The number of hydrogen-bond donors (Lipinski definition) is 1. The van der Waals surface area contributed by atoms with Gasteiger partial charge in [-0.25, -0.2) is 0 Å². The van der Waals surface area contributed by atoms with Crippen LogP contribution in [0.25, 0.3) is 11.1 Å². The van der Waals surface area contributed by atoms with Gasteiger partial charge in [-0.2, -0.15) is 0 Å². The van der Waals surface area contributed by atoms with Crippen molar-refractivity contribution in [3.05, 3.63) is 48.8 Å². The molecule has 1 aliphatic carbocycles. The minimum Gasteiger partial charge on any atom is -0.385 e. The highest BCUT2D eigenvalue weighted by atomic mass is 14.9. The molecule has 0 amide bonds. The summed E-state index contributed by atoms with van der Waals surface area (Å²) in [5.41, 5.74) is 3.61. The number of anilines is 1. The second kappa shape index (κ2) is 5.21. The molecule has 1 N–H and O–H groups in total. The van der Waals surface area contributed by atoms with Gasteiger partial charge in [0.2, 0.25) is 0 Å². The molecule has 1 fully saturated rings. The summed E-state index contributed by atoms with van der Waals surface area (Å²) in [6.07, 6.45) is 7.89. The number of nitrogens with one attached hydrogen (secondary N) is 1. The quantitative estimate of drug-likeness (QED) is 0.872. The fourth-order valence-electron chi connectivity index (χ4n) is 2.27. The minimum atomic E-state index is 0.892. The first kappa shape index (κ1) is 11.3. The van der Waals surface area contributed by atoms with Crippen LogP contribution >= 0.6 is 0 Å². The molecule has 0 spiro atoms. The van der Waals surface area contributed by atoms with Crippen molar-refractivity contribution in [3.63, 3.8) is 0 Å². The zero-order valence-corrected chi connectivity index (χ0v) is 10.5. The first-order valence-electron chi connectivity index (χ1n) is 6.66. The largest absolute Gasteiger partial charge is 0.385 e. The van der Waals surface area contributed by atoms with Gasteiger partial charge in [-0.3, -0.25) is 4.98 Å². The normalized spacial score (nSPS) is 15.1. The summed E-state index contributed by atoms with van der Waals surface area (Å²) in [5.74, 6) is 0.892. The molecular formula is C16H18N2. The lowest BCUT2D eigenvalue weighted by Gasteiger charge is -2.25. The zero-order chi connectivity index (χ0) is 12.2. The molecule has 0 bridgehead atoms. The molecule has 2 nitrogen and oxygen atoms in total. The number of nitrogens with zero attached hydrogens (tertiary/aromatic N) is 1. The molecule has 1 heterocycles. The maximum absolute atomic E-state index is 4.15. The van der Waals surface area contributed by atoms with Gasteiger partial charge in [0.25, 0.3) is 0 Å². The van der Waals surface area contributed by atoms with Crippen molar-refractivity contribution in [2.45, 2.75) is 19.3 Å². The third kappa shape index (κ3) is 2.53. The molecule has 2 heteroatoms. The summed E-state index contributed by atoms with van der Waals surface area (Å²) in [6, 6.07) is 12.7. The summed E-state index contributed by atoms with van der Waals surface area (Å²) in [5, 5.41) is 3.51. The standard InChI is InChI=1S/C16H18N2/c1-3-13(4-1)11-18-16-8-6-14(7-9-16)15-5-2-10-17-12-15/h2,5-10,12-13,18H,1,3-4,11H2. The van der Waals surface area contributed by atoms with E-state index >= 15 is 0 Å². The van der Waals surface area contributed by atoms with Gasteiger partial charge in [0.15, 0.2) is 0 Å². The lowest BCUT2D eigenvalue weighted by atomic mass is 9.85. The first-order valence-corrected chi connectivity index (χ1v) is 6.66. The molecule has 0 aliphatic heterocycles.